The monoisotopic (exact) mass is 460 g/mol. The van der Waals surface area contributed by atoms with Crippen molar-refractivity contribution < 1.29 is 22.7 Å². The van der Waals surface area contributed by atoms with Gasteiger partial charge in [0.15, 0.2) is 6.10 Å². The van der Waals surface area contributed by atoms with Gasteiger partial charge in [-0.1, -0.05) is 32.9 Å². The molecule has 0 aliphatic carbocycles. The normalized spacial score (nSPS) is 15.9. The number of benzene rings is 2. The first-order valence-corrected chi connectivity index (χ1v) is 12.2. The zero-order valence-corrected chi connectivity index (χ0v) is 20.2. The Morgan fingerprint density at radius 3 is 2.25 bits per heavy atom. The van der Waals surface area contributed by atoms with Gasteiger partial charge in [-0.3, -0.25) is 4.79 Å². The van der Waals surface area contributed by atoms with Crippen molar-refractivity contribution in [2.45, 2.75) is 57.0 Å². The van der Waals surface area contributed by atoms with Crippen LogP contribution in [-0.2, 0) is 20.2 Å². The molecule has 1 amide bonds. The number of hydrogen-bond donors (Lipinski definition) is 1. The number of methoxy groups -OCH3 is 1. The maximum atomic E-state index is 12.9. The van der Waals surface area contributed by atoms with Crippen molar-refractivity contribution in [3.63, 3.8) is 0 Å². The van der Waals surface area contributed by atoms with Gasteiger partial charge in [0.1, 0.15) is 11.5 Å². The van der Waals surface area contributed by atoms with Gasteiger partial charge < -0.3 is 14.8 Å². The van der Waals surface area contributed by atoms with Gasteiger partial charge in [0, 0.05) is 13.1 Å². The third-order valence-electron chi connectivity index (χ3n) is 5.53. The molecule has 8 heteroatoms. The Labute approximate surface area is 190 Å². The SMILES string of the molecule is COc1ccc(S(=O)(=O)N2CCCC2)cc1NC(=O)[C@@H](C)Oc1ccc(C(C)(C)C)cc1. The number of carbonyl (C=O) groups excluding carboxylic acids is 1. The zero-order chi connectivity index (χ0) is 23.5. The fourth-order valence-corrected chi connectivity index (χ4v) is 5.09. The molecule has 1 aliphatic rings. The molecule has 7 nitrogen and oxygen atoms in total. The van der Waals surface area contributed by atoms with Crippen molar-refractivity contribution >= 4 is 21.6 Å². The second-order valence-electron chi connectivity index (χ2n) is 9.00. The Bertz CT molecular complexity index is 1050. The summed E-state index contributed by atoms with van der Waals surface area (Å²) in [4.78, 5) is 12.9. The number of carbonyl (C=O) groups is 1. The Morgan fingerprint density at radius 1 is 1.06 bits per heavy atom. The minimum absolute atomic E-state index is 0.0263. The molecule has 1 heterocycles. The second kappa shape index (κ2) is 9.50. The topological polar surface area (TPSA) is 84.9 Å². The molecule has 174 valence electrons. The molecule has 0 spiro atoms. The van der Waals surface area contributed by atoms with Crippen molar-refractivity contribution in [3.05, 3.63) is 48.0 Å². The zero-order valence-electron chi connectivity index (χ0n) is 19.3. The molecule has 1 N–H and O–H groups in total. The molecule has 0 unspecified atom stereocenters. The smallest absolute Gasteiger partial charge is 0.265 e. The minimum Gasteiger partial charge on any atom is -0.495 e. The van der Waals surface area contributed by atoms with Crippen LogP contribution in [0.2, 0.25) is 0 Å². The second-order valence-corrected chi connectivity index (χ2v) is 10.9. The lowest BCUT2D eigenvalue weighted by molar-refractivity contribution is -0.122. The number of hydrogen-bond acceptors (Lipinski definition) is 5. The van der Waals surface area contributed by atoms with Gasteiger partial charge in [-0.15, -0.1) is 0 Å². The summed E-state index contributed by atoms with van der Waals surface area (Å²) in [7, 11) is -2.14. The van der Waals surface area contributed by atoms with Gasteiger partial charge in [0.2, 0.25) is 10.0 Å². The molecule has 32 heavy (non-hydrogen) atoms. The molecule has 2 aromatic carbocycles. The van der Waals surface area contributed by atoms with E-state index in [-0.39, 0.29) is 16.0 Å². The molecule has 0 aromatic heterocycles. The number of anilines is 1. The highest BCUT2D eigenvalue weighted by atomic mass is 32.2. The van der Waals surface area contributed by atoms with Crippen LogP contribution < -0.4 is 14.8 Å². The average molecular weight is 461 g/mol. The molecule has 0 saturated carbocycles. The highest BCUT2D eigenvalue weighted by Crippen LogP contribution is 2.30. The highest BCUT2D eigenvalue weighted by Gasteiger charge is 2.28. The van der Waals surface area contributed by atoms with E-state index in [4.69, 9.17) is 9.47 Å². The van der Waals surface area contributed by atoms with Gasteiger partial charge in [-0.25, -0.2) is 8.42 Å². The predicted molar refractivity (Wildman–Crippen MR) is 125 cm³/mol. The van der Waals surface area contributed by atoms with Crippen LogP contribution in [0.3, 0.4) is 0 Å². The molecule has 0 radical (unpaired) electrons. The molecule has 3 rings (SSSR count). The summed E-state index contributed by atoms with van der Waals surface area (Å²) in [5, 5.41) is 2.75. The van der Waals surface area contributed by atoms with Crippen LogP contribution in [0.4, 0.5) is 5.69 Å². The standard InChI is InChI=1S/C24H32N2O5S/c1-17(31-19-10-8-18(9-11-19)24(2,3)4)23(27)25-21-16-20(12-13-22(21)30-5)32(28,29)26-14-6-7-15-26/h8-13,16-17H,6-7,14-15H2,1-5H3,(H,25,27)/t17-/m1/s1. The maximum absolute atomic E-state index is 12.9. The van der Waals surface area contributed by atoms with Crippen molar-refractivity contribution in [1.29, 1.82) is 0 Å². The molecule has 2 aromatic rings. The average Bonchev–Trinajstić information content (AvgIpc) is 3.29. The van der Waals surface area contributed by atoms with Crippen LogP contribution in [0.1, 0.15) is 46.1 Å². The quantitative estimate of drug-likeness (QED) is 0.670. The first-order valence-electron chi connectivity index (χ1n) is 10.8. The molecule has 1 atom stereocenters. The van der Waals surface area contributed by atoms with Crippen molar-refractivity contribution in [1.82, 2.24) is 4.31 Å². The van der Waals surface area contributed by atoms with Crippen molar-refractivity contribution in [3.8, 4) is 11.5 Å². The van der Waals surface area contributed by atoms with Crippen LogP contribution in [0.15, 0.2) is 47.4 Å². The van der Waals surface area contributed by atoms with E-state index in [9.17, 15) is 13.2 Å². The fraction of sp³-hybridized carbons (Fsp3) is 0.458. The number of rotatable bonds is 7. The van der Waals surface area contributed by atoms with E-state index in [1.165, 1.54) is 29.1 Å². The Kier molecular flexibility index (Phi) is 7.15. The molecule has 0 bridgehead atoms. The Balaban J connectivity index is 1.74. The highest BCUT2D eigenvalue weighted by molar-refractivity contribution is 7.89. The van der Waals surface area contributed by atoms with E-state index in [1.54, 1.807) is 13.0 Å². The summed E-state index contributed by atoms with van der Waals surface area (Å²) in [5.41, 5.74) is 1.48. The summed E-state index contributed by atoms with van der Waals surface area (Å²) >= 11 is 0. The van der Waals surface area contributed by atoms with Crippen LogP contribution in [0, 0.1) is 0 Å². The first kappa shape index (κ1) is 24.1. The van der Waals surface area contributed by atoms with Crippen molar-refractivity contribution in [2.24, 2.45) is 0 Å². The van der Waals surface area contributed by atoms with Gasteiger partial charge in [-0.05, 0) is 61.1 Å². The maximum Gasteiger partial charge on any atom is 0.265 e. The molecular weight excluding hydrogens is 428 g/mol. The Hall–Kier alpha value is -2.58. The number of nitrogens with zero attached hydrogens (tertiary/aromatic N) is 1. The summed E-state index contributed by atoms with van der Waals surface area (Å²) < 4.78 is 38.4. The number of ether oxygens (including phenoxy) is 2. The third kappa shape index (κ3) is 5.42. The van der Waals surface area contributed by atoms with E-state index in [1.807, 2.05) is 24.3 Å². The van der Waals surface area contributed by atoms with Crippen LogP contribution in [-0.4, -0.2) is 44.9 Å². The number of sulfonamides is 1. The summed E-state index contributed by atoms with van der Waals surface area (Å²) in [6, 6.07) is 12.1. The largest absolute Gasteiger partial charge is 0.495 e. The number of nitrogens with one attached hydrogen (secondary N) is 1. The van der Waals surface area contributed by atoms with Gasteiger partial charge >= 0.3 is 0 Å². The third-order valence-corrected chi connectivity index (χ3v) is 7.43. The molecule has 1 aliphatic heterocycles. The summed E-state index contributed by atoms with van der Waals surface area (Å²) in [5.74, 6) is 0.553. The minimum atomic E-state index is -3.61. The van der Waals surface area contributed by atoms with Crippen LogP contribution in [0.5, 0.6) is 11.5 Å². The van der Waals surface area contributed by atoms with Gasteiger partial charge in [0.25, 0.3) is 5.91 Å². The van der Waals surface area contributed by atoms with Crippen LogP contribution in [0.25, 0.3) is 0 Å². The predicted octanol–water partition coefficient (Wildman–Crippen LogP) is 4.18. The van der Waals surface area contributed by atoms with Gasteiger partial charge in [0.05, 0.1) is 17.7 Å². The van der Waals surface area contributed by atoms with Crippen molar-refractivity contribution in [2.75, 3.05) is 25.5 Å². The van der Waals surface area contributed by atoms with E-state index < -0.39 is 22.0 Å². The summed E-state index contributed by atoms with van der Waals surface area (Å²) in [6.45, 7) is 9.05. The lowest BCUT2D eigenvalue weighted by atomic mass is 9.87. The van der Waals surface area contributed by atoms with E-state index in [0.29, 0.717) is 24.6 Å². The molecule has 1 fully saturated rings. The first-order chi connectivity index (χ1) is 15.0. The van der Waals surface area contributed by atoms with Crippen LogP contribution >= 0.6 is 0 Å². The molecular formula is C24H32N2O5S. The number of amides is 1. The summed E-state index contributed by atoms with van der Waals surface area (Å²) in [6.07, 6.45) is 0.911. The van der Waals surface area contributed by atoms with Gasteiger partial charge in [-0.2, -0.15) is 4.31 Å². The lowest BCUT2D eigenvalue weighted by Gasteiger charge is -2.20. The lowest BCUT2D eigenvalue weighted by Crippen LogP contribution is -2.31. The van der Waals surface area contributed by atoms with E-state index in [2.05, 4.69) is 26.1 Å². The Morgan fingerprint density at radius 2 is 1.69 bits per heavy atom. The van der Waals surface area contributed by atoms with E-state index >= 15 is 0 Å². The molecule has 1 saturated heterocycles. The van der Waals surface area contributed by atoms with E-state index in [0.717, 1.165) is 12.8 Å². The fourth-order valence-electron chi connectivity index (χ4n) is 3.55.